The molecule has 7 heteroatoms. The van der Waals surface area contributed by atoms with E-state index in [-0.39, 0.29) is 11.5 Å². The van der Waals surface area contributed by atoms with Crippen molar-refractivity contribution in [2.45, 2.75) is 11.5 Å². The molecule has 0 N–H and O–H groups in total. The highest BCUT2D eigenvalue weighted by Crippen LogP contribution is 2.28. The number of rotatable bonds is 5. The van der Waals surface area contributed by atoms with Crippen LogP contribution in [0.15, 0.2) is 46.8 Å². The van der Waals surface area contributed by atoms with Crippen LogP contribution in [-0.2, 0) is 0 Å². The summed E-state index contributed by atoms with van der Waals surface area (Å²) < 4.78 is 25.8. The first-order chi connectivity index (χ1) is 10.6. The highest BCUT2D eigenvalue weighted by molar-refractivity contribution is 8.00. The zero-order chi connectivity index (χ0) is 15.5. The van der Waals surface area contributed by atoms with Crippen LogP contribution >= 0.6 is 23.1 Å². The van der Waals surface area contributed by atoms with Gasteiger partial charge in [0.2, 0.25) is 0 Å². The van der Waals surface area contributed by atoms with E-state index in [1.807, 2.05) is 5.38 Å². The van der Waals surface area contributed by atoms with Crippen LogP contribution < -0.4 is 0 Å². The number of hydrogen-bond donors (Lipinski definition) is 0. The number of thioether (sulfide) groups is 1. The lowest BCUT2D eigenvalue weighted by molar-refractivity contribution is 0.102. The summed E-state index contributed by atoms with van der Waals surface area (Å²) in [5.41, 5.74) is 0.457. The number of thiophene rings is 1. The van der Waals surface area contributed by atoms with Gasteiger partial charge in [0, 0.05) is 5.39 Å². The molecule has 2 aromatic heterocycles. The van der Waals surface area contributed by atoms with E-state index in [1.165, 1.54) is 11.3 Å². The second kappa shape index (κ2) is 6.50. The highest BCUT2D eigenvalue weighted by atomic mass is 32.2. The van der Waals surface area contributed by atoms with Gasteiger partial charge < -0.3 is 0 Å². The van der Waals surface area contributed by atoms with Gasteiger partial charge in [0.15, 0.2) is 11.6 Å². The predicted octanol–water partition coefficient (Wildman–Crippen LogP) is 4.60. The van der Waals surface area contributed by atoms with Crippen LogP contribution in [0.2, 0.25) is 0 Å². The Bertz CT molecular complexity index is 806. The largest absolute Gasteiger partial charge is 0.297 e. The second-order valence-electron chi connectivity index (χ2n) is 4.39. The highest BCUT2D eigenvalue weighted by Gasteiger charge is 2.16. The van der Waals surface area contributed by atoms with E-state index in [1.54, 1.807) is 36.4 Å². The molecule has 3 nitrogen and oxygen atoms in total. The molecule has 0 radical (unpaired) electrons. The number of ketones is 1. The van der Waals surface area contributed by atoms with Gasteiger partial charge in [-0.1, -0.05) is 36.0 Å². The van der Waals surface area contributed by atoms with E-state index < -0.39 is 12.2 Å². The summed E-state index contributed by atoms with van der Waals surface area (Å²) in [4.78, 5) is 20.4. The summed E-state index contributed by atoms with van der Waals surface area (Å²) in [5, 5.41) is 2.91. The molecule has 0 saturated carbocycles. The molecule has 0 saturated heterocycles. The summed E-state index contributed by atoms with van der Waals surface area (Å²) in [5.74, 6) is -0.393. The third-order valence-corrected chi connectivity index (χ3v) is 4.82. The zero-order valence-corrected chi connectivity index (χ0v) is 12.8. The molecule has 1 aromatic carbocycles. The van der Waals surface area contributed by atoms with Crippen molar-refractivity contribution in [1.82, 2.24) is 9.97 Å². The Labute approximate surface area is 133 Å². The first-order valence-electron chi connectivity index (χ1n) is 6.39. The number of hydrogen-bond acceptors (Lipinski definition) is 5. The lowest BCUT2D eigenvalue weighted by atomic mass is 10.2. The molecular weight excluding hydrogens is 326 g/mol. The predicted molar refractivity (Wildman–Crippen MR) is 83.9 cm³/mol. The summed E-state index contributed by atoms with van der Waals surface area (Å²) in [6, 6.07) is 10.5. The quantitative estimate of drug-likeness (QED) is 0.388. The third-order valence-electron chi connectivity index (χ3n) is 2.92. The van der Waals surface area contributed by atoms with E-state index in [2.05, 4.69) is 9.97 Å². The number of Topliss-reactive ketones (excluding diaryl/α,β-unsaturated/α-hetero) is 1. The van der Waals surface area contributed by atoms with Crippen LogP contribution in [0.25, 0.3) is 10.9 Å². The second-order valence-corrected chi connectivity index (χ2v) is 6.31. The fraction of sp³-hybridized carbons (Fsp3) is 0.133. The summed E-state index contributed by atoms with van der Waals surface area (Å²) in [6.07, 6.45) is -2.74. The number of nitrogens with zero attached hydrogens (tertiary/aromatic N) is 2. The number of fused-ring (bicyclic) bond motifs is 1. The molecule has 3 aromatic rings. The van der Waals surface area contributed by atoms with Gasteiger partial charge in [0.05, 0.1) is 16.1 Å². The van der Waals surface area contributed by atoms with Crippen molar-refractivity contribution in [2.24, 2.45) is 0 Å². The molecular formula is C15H10F2N2OS2. The van der Waals surface area contributed by atoms with Crippen LogP contribution in [0.1, 0.15) is 21.9 Å². The van der Waals surface area contributed by atoms with Crippen LogP contribution in [0, 0.1) is 0 Å². The molecule has 2 heterocycles. The molecule has 0 unspecified atom stereocenters. The molecule has 0 fully saturated rings. The monoisotopic (exact) mass is 336 g/mol. The fourth-order valence-electron chi connectivity index (χ4n) is 1.91. The van der Waals surface area contributed by atoms with Gasteiger partial charge in [-0.05, 0) is 17.5 Å². The first kappa shape index (κ1) is 15.1. The normalized spacial score (nSPS) is 11.2. The van der Waals surface area contributed by atoms with Crippen molar-refractivity contribution in [3.05, 3.63) is 52.5 Å². The maximum Gasteiger partial charge on any atom is 0.297 e. The Balaban J connectivity index is 1.90. The number of aromatic nitrogens is 2. The number of carbonyl (C=O) groups excluding carboxylic acids is 1. The first-order valence-corrected chi connectivity index (χ1v) is 8.26. The minimum atomic E-state index is -2.74. The molecule has 0 aliphatic carbocycles. The van der Waals surface area contributed by atoms with Crippen molar-refractivity contribution in [3.8, 4) is 0 Å². The van der Waals surface area contributed by atoms with Gasteiger partial charge in [0.1, 0.15) is 5.03 Å². The maximum atomic E-state index is 12.9. The van der Waals surface area contributed by atoms with Gasteiger partial charge >= 0.3 is 0 Å². The molecule has 0 aliphatic heterocycles. The van der Waals surface area contributed by atoms with Crippen LogP contribution in [-0.4, -0.2) is 21.5 Å². The average Bonchev–Trinajstić information content (AvgIpc) is 3.06. The third kappa shape index (κ3) is 3.15. The Morgan fingerprint density at radius 3 is 2.73 bits per heavy atom. The van der Waals surface area contributed by atoms with Crippen LogP contribution in [0.4, 0.5) is 8.78 Å². The molecule has 0 spiro atoms. The van der Waals surface area contributed by atoms with E-state index in [4.69, 9.17) is 0 Å². The molecule has 3 rings (SSSR count). The molecule has 0 bridgehead atoms. The molecule has 0 amide bonds. The summed E-state index contributed by atoms with van der Waals surface area (Å²) in [7, 11) is 0. The van der Waals surface area contributed by atoms with E-state index in [9.17, 15) is 13.6 Å². The van der Waals surface area contributed by atoms with Gasteiger partial charge in [-0.3, -0.25) is 4.79 Å². The molecule has 112 valence electrons. The minimum absolute atomic E-state index is 0.0405. The van der Waals surface area contributed by atoms with Crippen LogP contribution in [0.3, 0.4) is 0 Å². The lowest BCUT2D eigenvalue weighted by Crippen LogP contribution is -2.02. The summed E-state index contributed by atoms with van der Waals surface area (Å²) in [6.45, 7) is 0. The number of halogens is 2. The Morgan fingerprint density at radius 1 is 1.18 bits per heavy atom. The van der Waals surface area contributed by atoms with Crippen molar-refractivity contribution in [3.63, 3.8) is 0 Å². The van der Waals surface area contributed by atoms with Gasteiger partial charge in [-0.2, -0.15) is 0 Å². The zero-order valence-electron chi connectivity index (χ0n) is 11.2. The van der Waals surface area contributed by atoms with Gasteiger partial charge in [0.25, 0.3) is 6.43 Å². The Kier molecular flexibility index (Phi) is 4.44. The van der Waals surface area contributed by atoms with Crippen molar-refractivity contribution in [2.75, 3.05) is 5.75 Å². The topological polar surface area (TPSA) is 42.9 Å². The molecule has 0 atom stereocenters. The average molecular weight is 336 g/mol. The number of carbonyl (C=O) groups is 1. The minimum Gasteiger partial charge on any atom is -0.292 e. The van der Waals surface area contributed by atoms with E-state index in [0.29, 0.717) is 20.8 Å². The maximum absolute atomic E-state index is 12.9. The van der Waals surface area contributed by atoms with Crippen molar-refractivity contribution in [1.29, 1.82) is 0 Å². The van der Waals surface area contributed by atoms with E-state index >= 15 is 0 Å². The summed E-state index contributed by atoms with van der Waals surface area (Å²) >= 11 is 2.52. The van der Waals surface area contributed by atoms with Gasteiger partial charge in [-0.15, -0.1) is 11.3 Å². The SMILES string of the molecule is O=C(CSc1nc(C(F)F)nc2ccccc12)c1cccs1. The Morgan fingerprint density at radius 2 is 2.00 bits per heavy atom. The number of alkyl halides is 2. The van der Waals surface area contributed by atoms with Crippen LogP contribution in [0.5, 0.6) is 0 Å². The smallest absolute Gasteiger partial charge is 0.292 e. The molecule has 22 heavy (non-hydrogen) atoms. The van der Waals surface area contributed by atoms with E-state index in [0.717, 1.165) is 11.8 Å². The fourth-order valence-corrected chi connectivity index (χ4v) is 3.58. The van der Waals surface area contributed by atoms with Gasteiger partial charge in [-0.25, -0.2) is 18.7 Å². The number of para-hydroxylation sites is 1. The lowest BCUT2D eigenvalue weighted by Gasteiger charge is -2.07. The molecule has 0 aliphatic rings. The van der Waals surface area contributed by atoms with Crippen molar-refractivity contribution >= 4 is 39.8 Å². The number of benzene rings is 1. The standard InChI is InChI=1S/C15H10F2N2OS2/c16-13(17)14-18-10-5-2-1-4-9(10)15(19-14)22-8-11(20)12-6-3-7-21-12/h1-7,13H,8H2. The van der Waals surface area contributed by atoms with Crippen molar-refractivity contribution < 1.29 is 13.6 Å². The Hall–Kier alpha value is -1.86.